The van der Waals surface area contributed by atoms with Gasteiger partial charge in [-0.25, -0.2) is 0 Å². The predicted molar refractivity (Wildman–Crippen MR) is 64.8 cm³/mol. The van der Waals surface area contributed by atoms with Crippen molar-refractivity contribution in [3.8, 4) is 11.5 Å². The fraction of sp³-hybridized carbons (Fsp3) is 0.500. The number of halogens is 1. The van der Waals surface area contributed by atoms with Crippen LogP contribution >= 0.6 is 11.6 Å². The summed E-state index contributed by atoms with van der Waals surface area (Å²) in [5.74, 6) is 1.64. The molecule has 0 aromatic heterocycles. The van der Waals surface area contributed by atoms with Crippen LogP contribution < -0.4 is 14.8 Å². The minimum atomic E-state index is 0.595. The lowest BCUT2D eigenvalue weighted by atomic mass is 10.0. The van der Waals surface area contributed by atoms with E-state index in [-0.39, 0.29) is 0 Å². The highest BCUT2D eigenvalue weighted by Crippen LogP contribution is 2.39. The van der Waals surface area contributed by atoms with Crippen molar-refractivity contribution in [1.82, 2.24) is 5.32 Å². The van der Waals surface area contributed by atoms with Crippen LogP contribution in [0.5, 0.6) is 11.5 Å². The quantitative estimate of drug-likeness (QED) is 0.880. The number of nitrogens with one attached hydrogen (secondary N) is 1. The summed E-state index contributed by atoms with van der Waals surface area (Å²) in [5.41, 5.74) is 2.23. The van der Waals surface area contributed by atoms with E-state index in [9.17, 15) is 0 Å². The van der Waals surface area contributed by atoms with Gasteiger partial charge in [0, 0.05) is 16.7 Å². The van der Waals surface area contributed by atoms with Gasteiger partial charge in [-0.1, -0.05) is 11.6 Å². The van der Waals surface area contributed by atoms with Gasteiger partial charge in [0.2, 0.25) is 0 Å². The molecule has 2 rings (SSSR count). The molecular weight excluding hydrogens is 226 g/mol. The molecule has 1 aliphatic rings. The molecule has 0 spiro atoms. The van der Waals surface area contributed by atoms with Gasteiger partial charge in [0.1, 0.15) is 13.2 Å². The number of benzene rings is 1. The smallest absolute Gasteiger partial charge is 0.164 e. The van der Waals surface area contributed by atoms with Crippen LogP contribution in [0, 0.1) is 6.92 Å². The predicted octanol–water partition coefficient (Wildman–Crippen LogP) is 2.18. The molecule has 1 aromatic carbocycles. The fourth-order valence-electron chi connectivity index (χ4n) is 1.86. The minimum absolute atomic E-state index is 0.595. The Morgan fingerprint density at radius 1 is 1.38 bits per heavy atom. The molecule has 1 heterocycles. The van der Waals surface area contributed by atoms with Crippen LogP contribution in [0.15, 0.2) is 6.07 Å². The Balaban J connectivity index is 2.41. The van der Waals surface area contributed by atoms with Crippen molar-refractivity contribution in [1.29, 1.82) is 0 Å². The molecule has 3 nitrogen and oxygen atoms in total. The Hall–Kier alpha value is -0.930. The number of rotatable bonds is 3. The molecule has 0 aliphatic carbocycles. The molecule has 0 fully saturated rings. The highest BCUT2D eigenvalue weighted by molar-refractivity contribution is 6.31. The first-order valence-electron chi connectivity index (χ1n) is 5.46. The van der Waals surface area contributed by atoms with Gasteiger partial charge in [-0.05, 0) is 32.5 Å². The van der Waals surface area contributed by atoms with Crippen LogP contribution in [0.3, 0.4) is 0 Å². The number of ether oxygens (including phenoxy) is 2. The average Bonchev–Trinajstić information content (AvgIpc) is 2.30. The molecule has 0 radical (unpaired) electrons. The van der Waals surface area contributed by atoms with Gasteiger partial charge >= 0.3 is 0 Å². The monoisotopic (exact) mass is 241 g/mol. The Bertz CT molecular complexity index is 393. The van der Waals surface area contributed by atoms with E-state index >= 15 is 0 Å². The van der Waals surface area contributed by atoms with Gasteiger partial charge < -0.3 is 14.8 Å². The molecule has 0 atom stereocenters. The van der Waals surface area contributed by atoms with E-state index in [1.807, 2.05) is 20.0 Å². The average molecular weight is 242 g/mol. The second kappa shape index (κ2) is 4.93. The molecular formula is C12H16ClNO2. The first-order chi connectivity index (χ1) is 7.74. The third kappa shape index (κ3) is 2.11. The van der Waals surface area contributed by atoms with Crippen molar-refractivity contribution in [2.45, 2.75) is 13.3 Å². The van der Waals surface area contributed by atoms with Gasteiger partial charge in [0.25, 0.3) is 0 Å². The van der Waals surface area contributed by atoms with E-state index in [0.29, 0.717) is 13.2 Å². The van der Waals surface area contributed by atoms with Crippen molar-refractivity contribution in [2.24, 2.45) is 0 Å². The van der Waals surface area contributed by atoms with E-state index in [1.165, 1.54) is 0 Å². The van der Waals surface area contributed by atoms with E-state index < -0.39 is 0 Å². The topological polar surface area (TPSA) is 30.5 Å². The summed E-state index contributed by atoms with van der Waals surface area (Å²) in [5, 5.41) is 3.88. The van der Waals surface area contributed by atoms with E-state index in [2.05, 4.69) is 5.32 Å². The summed E-state index contributed by atoms with van der Waals surface area (Å²) in [6, 6.07) is 1.84. The lowest BCUT2D eigenvalue weighted by Gasteiger charge is -2.23. The second-order valence-electron chi connectivity index (χ2n) is 3.84. The summed E-state index contributed by atoms with van der Waals surface area (Å²) >= 11 is 6.17. The first kappa shape index (κ1) is 11.6. The van der Waals surface area contributed by atoms with Gasteiger partial charge in [-0.2, -0.15) is 0 Å². The Kier molecular flexibility index (Phi) is 3.56. The van der Waals surface area contributed by atoms with Gasteiger partial charge in [0.05, 0.1) is 0 Å². The zero-order valence-electron chi connectivity index (χ0n) is 9.60. The fourth-order valence-corrected chi connectivity index (χ4v) is 2.08. The summed E-state index contributed by atoms with van der Waals surface area (Å²) in [6.45, 7) is 4.13. The number of likely N-dealkylation sites (N-methyl/N-ethyl adjacent to an activating group) is 1. The van der Waals surface area contributed by atoms with Crippen molar-refractivity contribution >= 4 is 11.6 Å². The van der Waals surface area contributed by atoms with Crippen LogP contribution in [-0.4, -0.2) is 26.8 Å². The van der Waals surface area contributed by atoms with Crippen LogP contribution in [0.25, 0.3) is 0 Å². The van der Waals surface area contributed by atoms with Crippen molar-refractivity contribution in [3.63, 3.8) is 0 Å². The molecule has 1 aromatic rings. The van der Waals surface area contributed by atoms with Crippen molar-refractivity contribution in [2.75, 3.05) is 26.8 Å². The first-order valence-corrected chi connectivity index (χ1v) is 5.84. The molecule has 0 unspecified atom stereocenters. The highest BCUT2D eigenvalue weighted by Gasteiger charge is 2.19. The lowest BCUT2D eigenvalue weighted by Crippen LogP contribution is -2.19. The Morgan fingerprint density at radius 3 is 2.88 bits per heavy atom. The van der Waals surface area contributed by atoms with E-state index in [1.54, 1.807) is 0 Å². The minimum Gasteiger partial charge on any atom is -0.486 e. The van der Waals surface area contributed by atoms with Crippen molar-refractivity contribution in [3.05, 3.63) is 22.2 Å². The molecule has 4 heteroatoms. The molecule has 16 heavy (non-hydrogen) atoms. The number of hydrogen-bond acceptors (Lipinski definition) is 3. The van der Waals surface area contributed by atoms with Gasteiger partial charge in [-0.15, -0.1) is 0 Å². The maximum atomic E-state index is 6.17. The van der Waals surface area contributed by atoms with E-state index in [4.69, 9.17) is 21.1 Å². The third-order valence-corrected chi connectivity index (χ3v) is 3.17. The summed E-state index contributed by atoms with van der Waals surface area (Å²) < 4.78 is 11.2. The number of fused-ring (bicyclic) bond motifs is 1. The maximum Gasteiger partial charge on any atom is 0.164 e. The molecule has 0 saturated heterocycles. The van der Waals surface area contributed by atoms with Gasteiger partial charge in [0.15, 0.2) is 11.5 Å². The van der Waals surface area contributed by atoms with Crippen LogP contribution in [0.2, 0.25) is 5.02 Å². The largest absolute Gasteiger partial charge is 0.486 e. The summed E-state index contributed by atoms with van der Waals surface area (Å²) in [4.78, 5) is 0. The second-order valence-corrected chi connectivity index (χ2v) is 4.25. The van der Waals surface area contributed by atoms with Crippen molar-refractivity contribution < 1.29 is 9.47 Å². The zero-order valence-corrected chi connectivity index (χ0v) is 10.4. The molecule has 0 amide bonds. The normalized spacial score (nSPS) is 13.9. The summed E-state index contributed by atoms with van der Waals surface area (Å²) in [6.07, 6.45) is 0.897. The Labute approximate surface area is 101 Å². The summed E-state index contributed by atoms with van der Waals surface area (Å²) in [7, 11) is 1.93. The number of hydrogen-bond donors (Lipinski definition) is 1. The SMILES string of the molecule is CNCCc1c(C)c(Cl)cc2c1OCCO2. The van der Waals surface area contributed by atoms with Crippen LogP contribution in [-0.2, 0) is 6.42 Å². The standard InChI is InChI=1S/C12H16ClNO2/c1-8-9(3-4-14-2)12-11(7-10(8)13)15-5-6-16-12/h7,14H,3-6H2,1-2H3. The molecule has 1 N–H and O–H groups in total. The Morgan fingerprint density at radius 2 is 2.12 bits per heavy atom. The van der Waals surface area contributed by atoms with E-state index in [0.717, 1.165) is 40.6 Å². The highest BCUT2D eigenvalue weighted by atomic mass is 35.5. The molecule has 88 valence electrons. The maximum absolute atomic E-state index is 6.17. The van der Waals surface area contributed by atoms with Crippen LogP contribution in [0.1, 0.15) is 11.1 Å². The molecule has 0 saturated carbocycles. The molecule has 1 aliphatic heterocycles. The zero-order chi connectivity index (χ0) is 11.5. The van der Waals surface area contributed by atoms with Crippen LogP contribution in [0.4, 0.5) is 0 Å². The van der Waals surface area contributed by atoms with Gasteiger partial charge in [-0.3, -0.25) is 0 Å². The molecule has 0 bridgehead atoms. The third-order valence-electron chi connectivity index (χ3n) is 2.78. The lowest BCUT2D eigenvalue weighted by molar-refractivity contribution is 0.170.